The molecule has 1 rings (SSSR count). The van der Waals surface area contributed by atoms with Crippen LogP contribution in [0.25, 0.3) is 0 Å². The Morgan fingerprint density at radius 3 is 2.87 bits per heavy atom. The summed E-state index contributed by atoms with van der Waals surface area (Å²) in [6.07, 6.45) is 2.87. The third-order valence-corrected chi connectivity index (χ3v) is 4.18. The van der Waals surface area contributed by atoms with Crippen molar-refractivity contribution >= 4 is 11.8 Å². The number of nitrogens with one attached hydrogen (secondary N) is 1. The van der Waals surface area contributed by atoms with Crippen LogP contribution in [0.15, 0.2) is 0 Å². The van der Waals surface area contributed by atoms with Gasteiger partial charge in [0.2, 0.25) is 0 Å². The molecule has 1 N–H and O–H groups in total. The molecule has 1 saturated heterocycles. The van der Waals surface area contributed by atoms with Gasteiger partial charge in [0, 0.05) is 12.6 Å². The molecule has 3 heteroatoms. The average molecular weight is 231 g/mol. The second-order valence-corrected chi connectivity index (χ2v) is 5.90. The summed E-state index contributed by atoms with van der Waals surface area (Å²) < 4.78 is 5.51. The van der Waals surface area contributed by atoms with E-state index in [1.54, 1.807) is 0 Å². The molecule has 2 unspecified atom stereocenters. The molecule has 90 valence electrons. The monoisotopic (exact) mass is 231 g/mol. The van der Waals surface area contributed by atoms with E-state index < -0.39 is 0 Å². The number of rotatable bonds is 7. The van der Waals surface area contributed by atoms with Crippen molar-refractivity contribution in [2.45, 2.75) is 45.8 Å². The Bertz CT molecular complexity index is 164. The maximum absolute atomic E-state index is 5.51. The van der Waals surface area contributed by atoms with Crippen LogP contribution in [0.5, 0.6) is 0 Å². The van der Waals surface area contributed by atoms with Crippen molar-refractivity contribution in [2.24, 2.45) is 5.92 Å². The lowest BCUT2D eigenvalue weighted by molar-refractivity contribution is 0.113. The van der Waals surface area contributed by atoms with Crippen molar-refractivity contribution in [3.63, 3.8) is 0 Å². The van der Waals surface area contributed by atoms with E-state index in [9.17, 15) is 0 Å². The summed E-state index contributed by atoms with van der Waals surface area (Å²) in [5.41, 5.74) is 0. The normalized spacial score (nSPS) is 26.4. The van der Waals surface area contributed by atoms with Gasteiger partial charge in [0.1, 0.15) is 0 Å². The third kappa shape index (κ3) is 5.79. The van der Waals surface area contributed by atoms with Crippen molar-refractivity contribution in [3.05, 3.63) is 0 Å². The summed E-state index contributed by atoms with van der Waals surface area (Å²) in [7, 11) is 0. The largest absolute Gasteiger partial charge is 0.377 e. The average Bonchev–Trinajstić information content (AvgIpc) is 2.57. The summed E-state index contributed by atoms with van der Waals surface area (Å²) in [6, 6.07) is 0.597. The topological polar surface area (TPSA) is 21.3 Å². The first kappa shape index (κ1) is 13.3. The Morgan fingerprint density at radius 1 is 1.47 bits per heavy atom. The Hall–Kier alpha value is 0.270. The van der Waals surface area contributed by atoms with Gasteiger partial charge in [-0.2, -0.15) is 11.8 Å². The zero-order valence-electron chi connectivity index (χ0n) is 10.3. The molecule has 0 aromatic rings. The van der Waals surface area contributed by atoms with E-state index in [2.05, 4.69) is 37.8 Å². The van der Waals surface area contributed by atoms with Crippen molar-refractivity contribution in [3.8, 4) is 0 Å². The number of thioether (sulfide) groups is 1. The van der Waals surface area contributed by atoms with E-state index in [1.165, 1.54) is 24.3 Å². The van der Waals surface area contributed by atoms with Crippen LogP contribution >= 0.6 is 11.8 Å². The van der Waals surface area contributed by atoms with Crippen LogP contribution in [0.2, 0.25) is 0 Å². The fraction of sp³-hybridized carbons (Fsp3) is 1.00. The van der Waals surface area contributed by atoms with E-state index >= 15 is 0 Å². The molecule has 0 spiro atoms. The summed E-state index contributed by atoms with van der Waals surface area (Å²) >= 11 is 2.07. The van der Waals surface area contributed by atoms with Crippen LogP contribution < -0.4 is 5.32 Å². The maximum Gasteiger partial charge on any atom is 0.0700 e. The third-order valence-electron chi connectivity index (χ3n) is 2.70. The van der Waals surface area contributed by atoms with E-state index in [-0.39, 0.29) is 0 Å². The van der Waals surface area contributed by atoms with Crippen LogP contribution in [0, 0.1) is 5.92 Å². The minimum atomic E-state index is 0.410. The molecule has 0 radical (unpaired) electrons. The quantitative estimate of drug-likeness (QED) is 0.680. The second kappa shape index (κ2) is 7.53. The van der Waals surface area contributed by atoms with Crippen LogP contribution in [0.4, 0.5) is 0 Å². The highest BCUT2D eigenvalue weighted by atomic mass is 32.2. The first-order chi connectivity index (χ1) is 7.20. The van der Waals surface area contributed by atoms with Gasteiger partial charge in [-0.25, -0.2) is 0 Å². The molecule has 0 aromatic carbocycles. The molecule has 0 saturated carbocycles. The van der Waals surface area contributed by atoms with Crippen molar-refractivity contribution < 1.29 is 4.74 Å². The van der Waals surface area contributed by atoms with E-state index in [4.69, 9.17) is 4.74 Å². The molecule has 1 fully saturated rings. The van der Waals surface area contributed by atoms with Gasteiger partial charge >= 0.3 is 0 Å². The van der Waals surface area contributed by atoms with Crippen LogP contribution in [0.3, 0.4) is 0 Å². The molecule has 0 aromatic heterocycles. The lowest BCUT2D eigenvalue weighted by atomic mass is 10.1. The highest BCUT2D eigenvalue weighted by Gasteiger charge is 2.22. The molecular formula is C12H25NOS. The number of ether oxygens (including phenoxy) is 1. The summed E-state index contributed by atoms with van der Waals surface area (Å²) in [6.45, 7) is 8.80. The Labute approximate surface area is 98.5 Å². The van der Waals surface area contributed by atoms with Crippen molar-refractivity contribution in [2.75, 3.05) is 24.7 Å². The predicted octanol–water partition coefficient (Wildman–Crippen LogP) is 2.53. The Kier molecular flexibility index (Phi) is 6.69. The molecule has 0 amide bonds. The van der Waals surface area contributed by atoms with Crippen molar-refractivity contribution in [1.82, 2.24) is 5.32 Å². The van der Waals surface area contributed by atoms with E-state index in [1.807, 2.05) is 0 Å². The van der Waals surface area contributed by atoms with Gasteiger partial charge in [-0.3, -0.25) is 0 Å². The zero-order valence-corrected chi connectivity index (χ0v) is 11.1. The highest BCUT2D eigenvalue weighted by molar-refractivity contribution is 7.99. The highest BCUT2D eigenvalue weighted by Crippen LogP contribution is 2.13. The predicted molar refractivity (Wildman–Crippen MR) is 68.6 cm³/mol. The molecule has 2 atom stereocenters. The zero-order chi connectivity index (χ0) is 11.1. The Balaban J connectivity index is 1.88. The molecule has 1 aliphatic heterocycles. The van der Waals surface area contributed by atoms with Gasteiger partial charge < -0.3 is 10.1 Å². The lowest BCUT2D eigenvalue weighted by Gasteiger charge is -2.15. The Morgan fingerprint density at radius 2 is 2.27 bits per heavy atom. The van der Waals surface area contributed by atoms with Gasteiger partial charge in [-0.1, -0.05) is 13.8 Å². The van der Waals surface area contributed by atoms with Gasteiger partial charge in [0.05, 0.1) is 6.10 Å². The molecule has 0 aliphatic carbocycles. The van der Waals surface area contributed by atoms with Crippen molar-refractivity contribution in [1.29, 1.82) is 0 Å². The minimum Gasteiger partial charge on any atom is -0.377 e. The van der Waals surface area contributed by atoms with Gasteiger partial charge in [0.15, 0.2) is 0 Å². The van der Waals surface area contributed by atoms with E-state index in [0.717, 1.165) is 19.1 Å². The van der Waals surface area contributed by atoms with Crippen LogP contribution in [-0.4, -0.2) is 36.8 Å². The second-order valence-electron chi connectivity index (χ2n) is 4.75. The summed E-state index contributed by atoms with van der Waals surface area (Å²) in [5.74, 6) is 3.40. The fourth-order valence-electron chi connectivity index (χ4n) is 1.78. The molecule has 0 bridgehead atoms. The summed E-state index contributed by atoms with van der Waals surface area (Å²) in [4.78, 5) is 0. The maximum atomic E-state index is 5.51. The van der Waals surface area contributed by atoms with Crippen LogP contribution in [-0.2, 0) is 4.74 Å². The SMILES string of the molecule is CC(C)CSCCCNC1CCOC1C. The van der Waals surface area contributed by atoms with Crippen LogP contribution in [0.1, 0.15) is 33.6 Å². The molecule has 1 heterocycles. The minimum absolute atomic E-state index is 0.410. The van der Waals surface area contributed by atoms with E-state index in [0.29, 0.717) is 12.1 Å². The molecule has 2 nitrogen and oxygen atoms in total. The van der Waals surface area contributed by atoms with Gasteiger partial charge in [-0.05, 0) is 43.7 Å². The molecular weight excluding hydrogens is 206 g/mol. The van der Waals surface area contributed by atoms with Gasteiger partial charge in [0.25, 0.3) is 0 Å². The van der Waals surface area contributed by atoms with Gasteiger partial charge in [-0.15, -0.1) is 0 Å². The molecule has 1 aliphatic rings. The standard InChI is InChI=1S/C12H25NOS/c1-10(2)9-15-8-4-6-13-12-5-7-14-11(12)3/h10-13H,4-9H2,1-3H3. The molecule has 15 heavy (non-hydrogen) atoms. The lowest BCUT2D eigenvalue weighted by Crippen LogP contribution is -2.35. The summed E-state index contributed by atoms with van der Waals surface area (Å²) in [5, 5.41) is 3.58. The first-order valence-corrected chi connectivity index (χ1v) is 7.28. The fourth-order valence-corrected chi connectivity index (χ4v) is 2.77. The number of hydrogen-bond donors (Lipinski definition) is 1. The smallest absolute Gasteiger partial charge is 0.0700 e. The first-order valence-electron chi connectivity index (χ1n) is 6.13. The number of hydrogen-bond acceptors (Lipinski definition) is 3.